The second-order valence-electron chi connectivity index (χ2n) is 2.07. The zero-order chi connectivity index (χ0) is 10.1. The standard InChI is InChI=1S/C6H2ClIN2O2S/c7-13(11,12)6-2-4(3-9)1-5(8)10-6/h1-2H. The Labute approximate surface area is 93.1 Å². The number of nitriles is 1. The maximum atomic E-state index is 10.8. The van der Waals surface area contributed by atoms with Crippen molar-refractivity contribution in [3.05, 3.63) is 21.4 Å². The van der Waals surface area contributed by atoms with Crippen LogP contribution in [0.4, 0.5) is 0 Å². The number of rotatable bonds is 1. The summed E-state index contributed by atoms with van der Waals surface area (Å²) in [6.45, 7) is 0. The number of pyridine rings is 1. The fourth-order valence-electron chi connectivity index (χ4n) is 0.662. The lowest BCUT2D eigenvalue weighted by Crippen LogP contribution is -1.97. The summed E-state index contributed by atoms with van der Waals surface area (Å²) in [7, 11) is 1.20. The van der Waals surface area contributed by atoms with Gasteiger partial charge in [0.2, 0.25) is 0 Å². The van der Waals surface area contributed by atoms with Gasteiger partial charge in [0.25, 0.3) is 9.05 Å². The van der Waals surface area contributed by atoms with Gasteiger partial charge in [-0.05, 0) is 34.7 Å². The highest BCUT2D eigenvalue weighted by atomic mass is 127. The smallest absolute Gasteiger partial charge is 0.229 e. The fourth-order valence-corrected chi connectivity index (χ4v) is 2.13. The second kappa shape index (κ2) is 3.77. The van der Waals surface area contributed by atoms with Gasteiger partial charge in [0, 0.05) is 10.7 Å². The Balaban J connectivity index is 3.44. The first-order valence-electron chi connectivity index (χ1n) is 2.96. The largest absolute Gasteiger partial charge is 0.278 e. The summed E-state index contributed by atoms with van der Waals surface area (Å²) in [4.78, 5) is 3.67. The molecule has 68 valence electrons. The number of hydrogen-bond donors (Lipinski definition) is 0. The zero-order valence-corrected chi connectivity index (χ0v) is 9.76. The Hall–Kier alpha value is -0.390. The van der Waals surface area contributed by atoms with Gasteiger partial charge in [0.1, 0.15) is 3.70 Å². The summed E-state index contributed by atoms with van der Waals surface area (Å²) in [6.07, 6.45) is 0. The van der Waals surface area contributed by atoms with Crippen molar-refractivity contribution in [3.63, 3.8) is 0 Å². The molecular formula is C6H2ClIN2O2S. The van der Waals surface area contributed by atoms with Crippen molar-refractivity contribution < 1.29 is 8.42 Å². The molecule has 13 heavy (non-hydrogen) atoms. The molecule has 0 aliphatic carbocycles. The van der Waals surface area contributed by atoms with Crippen LogP contribution in [0.25, 0.3) is 0 Å². The van der Waals surface area contributed by atoms with E-state index in [2.05, 4.69) is 4.98 Å². The maximum Gasteiger partial charge on any atom is 0.278 e. The predicted molar refractivity (Wildman–Crippen MR) is 54.7 cm³/mol. The first-order chi connectivity index (χ1) is 5.93. The van der Waals surface area contributed by atoms with Crippen LogP contribution in [0.15, 0.2) is 17.2 Å². The van der Waals surface area contributed by atoms with E-state index in [1.165, 1.54) is 6.07 Å². The monoisotopic (exact) mass is 328 g/mol. The Morgan fingerprint density at radius 1 is 1.54 bits per heavy atom. The van der Waals surface area contributed by atoms with E-state index in [-0.39, 0.29) is 10.6 Å². The number of halogens is 2. The van der Waals surface area contributed by atoms with Gasteiger partial charge in [-0.2, -0.15) is 5.26 Å². The van der Waals surface area contributed by atoms with Crippen LogP contribution in [0, 0.1) is 15.0 Å². The lowest BCUT2D eigenvalue weighted by Gasteiger charge is -1.96. The minimum atomic E-state index is -3.85. The lowest BCUT2D eigenvalue weighted by molar-refractivity contribution is 0.606. The Bertz CT molecular complexity index is 480. The van der Waals surface area contributed by atoms with Crippen LogP contribution in [0.2, 0.25) is 0 Å². The molecule has 1 rings (SSSR count). The van der Waals surface area contributed by atoms with Gasteiger partial charge in [-0.15, -0.1) is 0 Å². The van der Waals surface area contributed by atoms with Gasteiger partial charge in [-0.1, -0.05) is 0 Å². The molecule has 4 nitrogen and oxygen atoms in total. The van der Waals surface area contributed by atoms with Crippen molar-refractivity contribution in [2.45, 2.75) is 5.03 Å². The molecule has 7 heteroatoms. The summed E-state index contributed by atoms with van der Waals surface area (Å²) in [5, 5.41) is 8.24. The molecule has 0 bridgehead atoms. The molecule has 1 aromatic heterocycles. The molecule has 0 amide bonds. The molecule has 0 aliphatic heterocycles. The van der Waals surface area contributed by atoms with E-state index in [1.807, 2.05) is 28.7 Å². The van der Waals surface area contributed by atoms with E-state index in [4.69, 9.17) is 15.9 Å². The summed E-state index contributed by atoms with van der Waals surface area (Å²) in [5.41, 5.74) is 0.221. The molecule has 0 radical (unpaired) electrons. The molecule has 0 atom stereocenters. The molecule has 0 spiro atoms. The van der Waals surface area contributed by atoms with Gasteiger partial charge in [-0.25, -0.2) is 13.4 Å². The highest BCUT2D eigenvalue weighted by Gasteiger charge is 2.13. The van der Waals surface area contributed by atoms with Crippen LogP contribution in [-0.4, -0.2) is 13.4 Å². The van der Waals surface area contributed by atoms with Crippen molar-refractivity contribution >= 4 is 42.3 Å². The lowest BCUT2D eigenvalue weighted by atomic mass is 10.3. The average molecular weight is 329 g/mol. The van der Waals surface area contributed by atoms with Crippen LogP contribution in [-0.2, 0) is 9.05 Å². The topological polar surface area (TPSA) is 70.8 Å². The second-order valence-corrected chi connectivity index (χ2v) is 5.68. The third-order valence-electron chi connectivity index (χ3n) is 1.15. The van der Waals surface area contributed by atoms with Crippen molar-refractivity contribution in [1.29, 1.82) is 5.26 Å². The molecular weight excluding hydrogens is 327 g/mol. The maximum absolute atomic E-state index is 10.8. The van der Waals surface area contributed by atoms with E-state index in [1.54, 1.807) is 0 Å². The Kier molecular flexibility index (Phi) is 3.10. The van der Waals surface area contributed by atoms with Gasteiger partial charge < -0.3 is 0 Å². The molecule has 0 saturated carbocycles. The number of nitrogens with zero attached hydrogens (tertiary/aromatic N) is 2. The van der Waals surface area contributed by atoms with E-state index in [0.717, 1.165) is 6.07 Å². The van der Waals surface area contributed by atoms with Crippen molar-refractivity contribution in [2.24, 2.45) is 0 Å². The third kappa shape index (κ3) is 2.79. The first-order valence-corrected chi connectivity index (χ1v) is 6.34. The molecule has 0 unspecified atom stereocenters. The van der Waals surface area contributed by atoms with E-state index < -0.39 is 9.05 Å². The molecule has 0 aliphatic rings. The van der Waals surface area contributed by atoms with Crippen molar-refractivity contribution in [3.8, 4) is 6.07 Å². The summed E-state index contributed by atoms with van der Waals surface area (Å²) in [5.74, 6) is 0. The first kappa shape index (κ1) is 10.7. The van der Waals surface area contributed by atoms with Crippen LogP contribution < -0.4 is 0 Å². The quantitative estimate of drug-likeness (QED) is 0.445. The molecule has 0 fully saturated rings. The molecule has 0 N–H and O–H groups in total. The van der Waals surface area contributed by atoms with Crippen LogP contribution in [0.1, 0.15) is 5.56 Å². The van der Waals surface area contributed by atoms with E-state index >= 15 is 0 Å². The van der Waals surface area contributed by atoms with Crippen LogP contribution >= 0.6 is 33.3 Å². The van der Waals surface area contributed by atoms with Gasteiger partial charge >= 0.3 is 0 Å². The zero-order valence-electron chi connectivity index (χ0n) is 6.03. The summed E-state index contributed by atoms with van der Waals surface area (Å²) >= 11 is 1.81. The van der Waals surface area contributed by atoms with E-state index in [9.17, 15) is 8.42 Å². The summed E-state index contributed by atoms with van der Waals surface area (Å²) in [6, 6.07) is 4.41. The average Bonchev–Trinajstić information content (AvgIpc) is 2.01. The SMILES string of the molecule is N#Cc1cc(I)nc(S(=O)(=O)Cl)c1. The highest BCUT2D eigenvalue weighted by Crippen LogP contribution is 2.15. The summed E-state index contributed by atoms with van der Waals surface area (Å²) < 4.78 is 22.1. The van der Waals surface area contributed by atoms with Gasteiger partial charge in [-0.3, -0.25) is 0 Å². The minimum Gasteiger partial charge on any atom is -0.229 e. The van der Waals surface area contributed by atoms with Crippen LogP contribution in [0.3, 0.4) is 0 Å². The van der Waals surface area contributed by atoms with Gasteiger partial charge in [0.05, 0.1) is 11.6 Å². The Morgan fingerprint density at radius 2 is 2.15 bits per heavy atom. The Morgan fingerprint density at radius 3 is 2.62 bits per heavy atom. The highest BCUT2D eigenvalue weighted by molar-refractivity contribution is 14.1. The van der Waals surface area contributed by atoms with Crippen molar-refractivity contribution in [2.75, 3.05) is 0 Å². The number of aromatic nitrogens is 1. The fraction of sp³-hybridized carbons (Fsp3) is 0. The minimum absolute atomic E-state index is 0.221. The molecule has 0 saturated heterocycles. The number of hydrogen-bond acceptors (Lipinski definition) is 4. The third-order valence-corrected chi connectivity index (χ3v) is 2.89. The molecule has 1 heterocycles. The van der Waals surface area contributed by atoms with Crippen molar-refractivity contribution in [1.82, 2.24) is 4.98 Å². The normalized spacial score (nSPS) is 10.8. The molecule has 0 aromatic carbocycles. The van der Waals surface area contributed by atoms with Crippen LogP contribution in [0.5, 0.6) is 0 Å². The van der Waals surface area contributed by atoms with E-state index in [0.29, 0.717) is 3.70 Å². The molecule has 1 aromatic rings. The predicted octanol–water partition coefficient (Wildman–Crippen LogP) is 1.49. The van der Waals surface area contributed by atoms with Gasteiger partial charge in [0.15, 0.2) is 5.03 Å².